The van der Waals surface area contributed by atoms with Crippen molar-refractivity contribution in [2.24, 2.45) is 5.92 Å². The molecular weight excluding hydrogens is 464 g/mol. The van der Waals surface area contributed by atoms with E-state index in [0.717, 1.165) is 41.7 Å². The number of rotatable bonds is 4. The molecule has 1 fully saturated rings. The minimum Gasteiger partial charge on any atom is -0.483 e. The van der Waals surface area contributed by atoms with Gasteiger partial charge in [0.2, 0.25) is 5.91 Å². The number of nitrogens with zero attached hydrogens (tertiary/aromatic N) is 1. The molecule has 1 aliphatic rings. The second kappa shape index (κ2) is 11.6. The summed E-state index contributed by atoms with van der Waals surface area (Å²) < 4.78 is 52.3. The number of alkyl halides is 3. The van der Waals surface area contributed by atoms with E-state index >= 15 is 0 Å². The molecule has 2 atom stereocenters. The first kappa shape index (κ1) is 25.9. The molecule has 184 valence electrons. The third-order valence-corrected chi connectivity index (χ3v) is 6.00. The Balaban J connectivity index is 0.00000108. The predicted octanol–water partition coefficient (Wildman–Crippen LogP) is 6.52. The monoisotopic (exact) mass is 488 g/mol. The van der Waals surface area contributed by atoms with Crippen LogP contribution in [0.25, 0.3) is 11.1 Å². The number of aromatic nitrogens is 1. The highest BCUT2D eigenvalue weighted by Crippen LogP contribution is 2.38. The Morgan fingerprint density at radius 2 is 1.63 bits per heavy atom. The Kier molecular flexibility index (Phi) is 8.57. The molecule has 0 spiro atoms. The quantitative estimate of drug-likeness (QED) is 0.324. The minimum atomic E-state index is -4.63. The van der Waals surface area contributed by atoms with Crippen LogP contribution in [0.3, 0.4) is 0 Å². The van der Waals surface area contributed by atoms with E-state index in [-0.39, 0.29) is 29.9 Å². The highest BCUT2D eigenvalue weighted by molar-refractivity contribution is 5.92. The van der Waals surface area contributed by atoms with Crippen LogP contribution in [-0.4, -0.2) is 22.5 Å². The van der Waals surface area contributed by atoms with E-state index in [1.807, 2.05) is 24.3 Å². The Labute approximate surface area is 199 Å². The summed E-state index contributed by atoms with van der Waals surface area (Å²) in [4.78, 5) is 25.1. The zero-order chi connectivity index (χ0) is 25.4. The van der Waals surface area contributed by atoms with Crippen molar-refractivity contribution >= 4 is 18.1 Å². The molecule has 35 heavy (non-hydrogen) atoms. The fourth-order valence-corrected chi connectivity index (χ4v) is 4.25. The summed E-state index contributed by atoms with van der Waals surface area (Å²) >= 11 is 0. The number of anilines is 1. The molecule has 1 aromatic heterocycles. The number of hydrogen-bond acceptors (Lipinski definition) is 3. The standard InChI is InChI=1S/C25H22F4N2O.CH2O2/c26-22-15-21(25(27,28)29)8-9-23(22)31-24(32)20-3-1-2-19(14-20)17-6-4-16(5-7-17)18-10-12-30-13-11-18;2-1-3/h4-13,15,19-20H,1-3,14H2,(H,31,32);1H,(H,2,3). The Bertz CT molecular complexity index is 1140. The van der Waals surface area contributed by atoms with E-state index < -0.39 is 17.6 Å². The van der Waals surface area contributed by atoms with Crippen LogP contribution in [0, 0.1) is 11.7 Å². The van der Waals surface area contributed by atoms with Gasteiger partial charge in [-0.2, -0.15) is 13.2 Å². The molecule has 3 aromatic rings. The lowest BCUT2D eigenvalue weighted by Crippen LogP contribution is -2.28. The summed E-state index contributed by atoms with van der Waals surface area (Å²) in [7, 11) is 0. The lowest BCUT2D eigenvalue weighted by Gasteiger charge is -2.29. The number of halogens is 4. The first-order valence-electron chi connectivity index (χ1n) is 11.0. The summed E-state index contributed by atoms with van der Waals surface area (Å²) in [5.74, 6) is -1.58. The zero-order valence-corrected chi connectivity index (χ0v) is 18.6. The van der Waals surface area contributed by atoms with Crippen molar-refractivity contribution < 1.29 is 32.3 Å². The zero-order valence-electron chi connectivity index (χ0n) is 18.6. The van der Waals surface area contributed by atoms with Gasteiger partial charge in [0.15, 0.2) is 0 Å². The van der Waals surface area contributed by atoms with Crippen LogP contribution in [-0.2, 0) is 15.8 Å². The predicted molar refractivity (Wildman–Crippen MR) is 123 cm³/mol. The van der Waals surface area contributed by atoms with Gasteiger partial charge in [0, 0.05) is 18.3 Å². The molecule has 2 unspecified atom stereocenters. The smallest absolute Gasteiger partial charge is 0.416 e. The number of benzene rings is 2. The van der Waals surface area contributed by atoms with Crippen LogP contribution in [0.1, 0.15) is 42.7 Å². The number of pyridine rings is 1. The summed E-state index contributed by atoms with van der Waals surface area (Å²) in [6, 6.07) is 14.3. The van der Waals surface area contributed by atoms with Crippen molar-refractivity contribution in [1.82, 2.24) is 4.98 Å². The van der Waals surface area contributed by atoms with Crippen LogP contribution in [0.5, 0.6) is 0 Å². The third kappa shape index (κ3) is 6.88. The van der Waals surface area contributed by atoms with Crippen molar-refractivity contribution in [3.63, 3.8) is 0 Å². The van der Waals surface area contributed by atoms with Crippen LogP contribution in [0.2, 0.25) is 0 Å². The van der Waals surface area contributed by atoms with E-state index in [1.165, 1.54) is 0 Å². The molecule has 0 aliphatic heterocycles. The fourth-order valence-electron chi connectivity index (χ4n) is 4.25. The van der Waals surface area contributed by atoms with E-state index in [2.05, 4.69) is 22.4 Å². The molecule has 0 saturated heterocycles. The van der Waals surface area contributed by atoms with Crippen molar-refractivity contribution in [3.8, 4) is 11.1 Å². The Hall–Kier alpha value is -3.75. The summed E-state index contributed by atoms with van der Waals surface area (Å²) in [6.07, 6.45) is 1.94. The van der Waals surface area contributed by atoms with Crippen LogP contribution in [0.15, 0.2) is 67.0 Å². The number of hydrogen-bond donors (Lipinski definition) is 2. The van der Waals surface area contributed by atoms with Gasteiger partial charge in [-0.15, -0.1) is 0 Å². The molecule has 2 aromatic carbocycles. The number of carboxylic acid groups (broad SMARTS) is 1. The van der Waals surface area contributed by atoms with Gasteiger partial charge in [-0.3, -0.25) is 14.6 Å². The summed E-state index contributed by atoms with van der Waals surface area (Å²) in [5.41, 5.74) is 1.99. The first-order valence-corrected chi connectivity index (χ1v) is 11.0. The Morgan fingerprint density at radius 1 is 1.00 bits per heavy atom. The lowest BCUT2D eigenvalue weighted by atomic mass is 9.77. The van der Waals surface area contributed by atoms with Crippen molar-refractivity contribution in [3.05, 3.63) is 83.9 Å². The van der Waals surface area contributed by atoms with E-state index in [4.69, 9.17) is 9.90 Å². The van der Waals surface area contributed by atoms with E-state index in [9.17, 15) is 22.4 Å². The van der Waals surface area contributed by atoms with Gasteiger partial charge < -0.3 is 10.4 Å². The van der Waals surface area contributed by atoms with Gasteiger partial charge in [-0.1, -0.05) is 30.7 Å². The second-order valence-electron chi connectivity index (χ2n) is 8.21. The normalized spacial score (nSPS) is 17.6. The molecule has 1 amide bonds. The second-order valence-corrected chi connectivity index (χ2v) is 8.21. The number of carbonyl (C=O) groups is 2. The van der Waals surface area contributed by atoms with Crippen LogP contribution < -0.4 is 5.32 Å². The van der Waals surface area contributed by atoms with Crippen molar-refractivity contribution in [1.29, 1.82) is 0 Å². The van der Waals surface area contributed by atoms with Gasteiger partial charge in [0.25, 0.3) is 6.47 Å². The molecule has 9 heteroatoms. The Morgan fingerprint density at radius 3 is 2.23 bits per heavy atom. The summed E-state index contributed by atoms with van der Waals surface area (Å²) in [6.45, 7) is -0.250. The molecule has 5 nitrogen and oxygen atoms in total. The molecule has 0 radical (unpaired) electrons. The maximum Gasteiger partial charge on any atom is 0.416 e. The van der Waals surface area contributed by atoms with Crippen molar-refractivity contribution in [2.45, 2.75) is 37.8 Å². The van der Waals surface area contributed by atoms with E-state index in [1.54, 1.807) is 12.4 Å². The third-order valence-electron chi connectivity index (χ3n) is 6.00. The first-order chi connectivity index (χ1) is 16.7. The van der Waals surface area contributed by atoms with Gasteiger partial charge >= 0.3 is 6.18 Å². The lowest BCUT2D eigenvalue weighted by molar-refractivity contribution is -0.137. The highest BCUT2D eigenvalue weighted by Gasteiger charge is 2.32. The van der Waals surface area contributed by atoms with Gasteiger partial charge in [-0.05, 0) is 72.2 Å². The number of carbonyl (C=O) groups excluding carboxylic acids is 1. The minimum absolute atomic E-state index is 0.198. The molecule has 1 aliphatic carbocycles. The van der Waals surface area contributed by atoms with Gasteiger partial charge in [0.05, 0.1) is 11.3 Å². The average molecular weight is 488 g/mol. The van der Waals surface area contributed by atoms with Gasteiger partial charge in [0.1, 0.15) is 5.82 Å². The van der Waals surface area contributed by atoms with Crippen molar-refractivity contribution in [2.75, 3.05) is 5.32 Å². The summed E-state index contributed by atoms with van der Waals surface area (Å²) in [5, 5.41) is 9.36. The fraction of sp³-hybridized carbons (Fsp3) is 0.269. The largest absolute Gasteiger partial charge is 0.483 e. The average Bonchev–Trinajstić information content (AvgIpc) is 2.86. The molecule has 4 rings (SSSR count). The SMILES string of the molecule is O=C(Nc1ccc(C(F)(F)F)cc1F)C1CCCC(c2ccc(-c3ccncc3)cc2)C1.O=CO. The van der Waals surface area contributed by atoms with Gasteiger partial charge in [-0.25, -0.2) is 4.39 Å². The number of amides is 1. The molecular formula is C26H24F4N2O3. The van der Waals surface area contributed by atoms with Crippen LogP contribution >= 0.6 is 0 Å². The maximum atomic E-state index is 14.1. The highest BCUT2D eigenvalue weighted by atomic mass is 19.4. The molecule has 1 heterocycles. The molecule has 0 bridgehead atoms. The molecule has 2 N–H and O–H groups in total. The van der Waals surface area contributed by atoms with E-state index in [0.29, 0.717) is 18.9 Å². The van der Waals surface area contributed by atoms with Crippen LogP contribution in [0.4, 0.5) is 23.2 Å². The maximum absolute atomic E-state index is 14.1. The molecule has 1 saturated carbocycles. The topological polar surface area (TPSA) is 79.3 Å². The number of nitrogens with one attached hydrogen (secondary N) is 1.